The number of hydrogen-bond acceptors (Lipinski definition) is 3. The van der Waals surface area contributed by atoms with E-state index in [1.165, 1.54) is 0 Å². The summed E-state index contributed by atoms with van der Waals surface area (Å²) < 4.78 is 6.53. The molecule has 1 aliphatic heterocycles. The number of nitrogens with zero attached hydrogens (tertiary/aromatic N) is 1. The fraction of sp³-hybridized carbons (Fsp3) is 0.357. The van der Waals surface area contributed by atoms with Crippen LogP contribution in [0.1, 0.15) is 23.4 Å². The van der Waals surface area contributed by atoms with Crippen LogP contribution in [0, 0.1) is 0 Å². The molecule has 1 unspecified atom stereocenters. The number of furan rings is 1. The number of amides is 1. The maximum atomic E-state index is 12.4. The minimum absolute atomic E-state index is 0.0711. The van der Waals surface area contributed by atoms with Gasteiger partial charge < -0.3 is 15.1 Å². The van der Waals surface area contributed by atoms with Crippen LogP contribution in [0.25, 0.3) is 11.0 Å². The Morgan fingerprint density at radius 3 is 3.05 bits per heavy atom. The molecule has 1 atom stereocenters. The van der Waals surface area contributed by atoms with E-state index in [1.54, 1.807) is 11.0 Å². The molecule has 1 aromatic carbocycles. The molecule has 100 valence electrons. The number of nitrogens with two attached hydrogens (primary N) is 1. The SMILES string of the molecule is NC1CCCN(C(=O)c2cc3cccc(Br)c3o2)C1. The summed E-state index contributed by atoms with van der Waals surface area (Å²) in [5, 5.41) is 0.930. The van der Waals surface area contributed by atoms with Gasteiger partial charge in [-0.2, -0.15) is 0 Å². The molecule has 1 saturated heterocycles. The molecule has 1 aromatic heterocycles. The topological polar surface area (TPSA) is 59.5 Å². The summed E-state index contributed by atoms with van der Waals surface area (Å²) in [6, 6.07) is 7.63. The second kappa shape index (κ2) is 4.98. The molecule has 3 rings (SSSR count). The van der Waals surface area contributed by atoms with Crippen molar-refractivity contribution in [2.24, 2.45) is 5.73 Å². The molecule has 2 heterocycles. The van der Waals surface area contributed by atoms with Crippen LogP contribution in [0.3, 0.4) is 0 Å². The van der Waals surface area contributed by atoms with Crippen molar-refractivity contribution in [1.29, 1.82) is 0 Å². The fourth-order valence-corrected chi connectivity index (χ4v) is 2.95. The van der Waals surface area contributed by atoms with E-state index >= 15 is 0 Å². The van der Waals surface area contributed by atoms with E-state index in [-0.39, 0.29) is 11.9 Å². The van der Waals surface area contributed by atoms with Crippen LogP contribution in [0.5, 0.6) is 0 Å². The summed E-state index contributed by atoms with van der Waals surface area (Å²) >= 11 is 3.43. The highest BCUT2D eigenvalue weighted by atomic mass is 79.9. The van der Waals surface area contributed by atoms with Gasteiger partial charge in [0.2, 0.25) is 0 Å². The Hall–Kier alpha value is -1.33. The van der Waals surface area contributed by atoms with Gasteiger partial charge in [-0.3, -0.25) is 4.79 Å². The lowest BCUT2D eigenvalue weighted by atomic mass is 10.1. The lowest BCUT2D eigenvalue weighted by molar-refractivity contribution is 0.0679. The minimum Gasteiger partial charge on any atom is -0.450 e. The van der Waals surface area contributed by atoms with Crippen LogP contribution in [0.2, 0.25) is 0 Å². The number of rotatable bonds is 1. The van der Waals surface area contributed by atoms with Crippen LogP contribution in [-0.4, -0.2) is 29.9 Å². The van der Waals surface area contributed by atoms with Crippen LogP contribution in [-0.2, 0) is 0 Å². The van der Waals surface area contributed by atoms with Crippen LogP contribution in [0.4, 0.5) is 0 Å². The predicted octanol–water partition coefficient (Wildman–Crippen LogP) is 2.76. The highest BCUT2D eigenvalue weighted by Gasteiger charge is 2.24. The smallest absolute Gasteiger partial charge is 0.289 e. The number of carbonyl (C=O) groups is 1. The minimum atomic E-state index is -0.0711. The van der Waals surface area contributed by atoms with Gasteiger partial charge in [0.25, 0.3) is 5.91 Å². The van der Waals surface area contributed by atoms with Gasteiger partial charge in [0.15, 0.2) is 5.76 Å². The van der Waals surface area contributed by atoms with Gasteiger partial charge in [-0.25, -0.2) is 0 Å². The first-order valence-corrected chi connectivity index (χ1v) is 7.17. The first-order chi connectivity index (χ1) is 9.15. The third-order valence-corrected chi connectivity index (χ3v) is 4.08. The number of benzene rings is 1. The molecular weight excluding hydrogens is 308 g/mol. The molecule has 19 heavy (non-hydrogen) atoms. The molecule has 0 radical (unpaired) electrons. The lowest BCUT2D eigenvalue weighted by Crippen LogP contribution is -2.45. The lowest BCUT2D eigenvalue weighted by Gasteiger charge is -2.29. The van der Waals surface area contributed by atoms with Gasteiger partial charge in [0.1, 0.15) is 5.58 Å². The zero-order valence-corrected chi connectivity index (χ0v) is 12.0. The zero-order chi connectivity index (χ0) is 13.4. The molecule has 0 saturated carbocycles. The third kappa shape index (κ3) is 2.40. The Morgan fingerprint density at radius 1 is 1.47 bits per heavy atom. The maximum Gasteiger partial charge on any atom is 0.289 e. The monoisotopic (exact) mass is 322 g/mol. The third-order valence-electron chi connectivity index (χ3n) is 3.45. The molecule has 5 heteroatoms. The molecular formula is C14H15BrN2O2. The normalized spacial score (nSPS) is 19.9. The van der Waals surface area contributed by atoms with Gasteiger partial charge in [0.05, 0.1) is 4.47 Å². The van der Waals surface area contributed by atoms with E-state index < -0.39 is 0 Å². The first-order valence-electron chi connectivity index (χ1n) is 6.38. The number of fused-ring (bicyclic) bond motifs is 1. The highest BCUT2D eigenvalue weighted by molar-refractivity contribution is 9.10. The number of piperidine rings is 1. The van der Waals surface area contributed by atoms with E-state index in [9.17, 15) is 4.79 Å². The van der Waals surface area contributed by atoms with Crippen LogP contribution < -0.4 is 5.73 Å². The van der Waals surface area contributed by atoms with Crippen molar-refractivity contribution >= 4 is 32.8 Å². The number of para-hydroxylation sites is 1. The maximum absolute atomic E-state index is 12.4. The quantitative estimate of drug-likeness (QED) is 0.878. The molecule has 1 fully saturated rings. The summed E-state index contributed by atoms with van der Waals surface area (Å²) in [6.45, 7) is 1.36. The van der Waals surface area contributed by atoms with Crippen molar-refractivity contribution in [3.8, 4) is 0 Å². The van der Waals surface area contributed by atoms with Gasteiger partial charge in [0, 0.05) is 24.5 Å². The Kier molecular flexibility index (Phi) is 3.33. The number of likely N-dealkylation sites (tertiary alicyclic amines) is 1. The summed E-state index contributed by atoms with van der Waals surface area (Å²) in [4.78, 5) is 14.2. The summed E-state index contributed by atoms with van der Waals surface area (Å²) in [5.74, 6) is 0.314. The van der Waals surface area contributed by atoms with Gasteiger partial charge in [-0.05, 0) is 40.9 Å². The average molecular weight is 323 g/mol. The summed E-state index contributed by atoms with van der Waals surface area (Å²) in [6.07, 6.45) is 1.94. The second-order valence-electron chi connectivity index (χ2n) is 4.92. The van der Waals surface area contributed by atoms with E-state index in [4.69, 9.17) is 10.2 Å². The van der Waals surface area contributed by atoms with Crippen LogP contribution in [0.15, 0.2) is 33.2 Å². The molecule has 2 N–H and O–H groups in total. The summed E-state index contributed by atoms with van der Waals surface area (Å²) in [7, 11) is 0. The Labute approximate surface area is 119 Å². The van der Waals surface area contributed by atoms with Gasteiger partial charge in [-0.1, -0.05) is 12.1 Å². The van der Waals surface area contributed by atoms with Crippen LogP contribution >= 0.6 is 15.9 Å². The largest absolute Gasteiger partial charge is 0.450 e. The Balaban J connectivity index is 1.91. The molecule has 4 nitrogen and oxygen atoms in total. The van der Waals surface area contributed by atoms with E-state index in [0.29, 0.717) is 17.9 Å². The predicted molar refractivity (Wildman–Crippen MR) is 77.0 cm³/mol. The van der Waals surface area contributed by atoms with E-state index in [0.717, 1.165) is 29.2 Å². The fourth-order valence-electron chi connectivity index (χ4n) is 2.48. The number of halogens is 1. The number of hydrogen-bond donors (Lipinski definition) is 1. The second-order valence-corrected chi connectivity index (χ2v) is 5.78. The van der Waals surface area contributed by atoms with Crippen molar-refractivity contribution in [1.82, 2.24) is 4.90 Å². The Bertz CT molecular complexity index is 623. The van der Waals surface area contributed by atoms with Gasteiger partial charge in [-0.15, -0.1) is 0 Å². The molecule has 1 amide bonds. The standard InChI is InChI=1S/C14H15BrN2O2/c15-11-5-1-3-9-7-12(19-13(9)11)14(18)17-6-2-4-10(16)8-17/h1,3,5,7,10H,2,4,6,8,16H2. The average Bonchev–Trinajstić information content (AvgIpc) is 2.83. The zero-order valence-electron chi connectivity index (χ0n) is 10.4. The van der Waals surface area contributed by atoms with Crippen molar-refractivity contribution in [2.75, 3.05) is 13.1 Å². The molecule has 2 aromatic rings. The Morgan fingerprint density at radius 2 is 2.32 bits per heavy atom. The summed E-state index contributed by atoms with van der Waals surface area (Å²) in [5.41, 5.74) is 6.62. The van der Waals surface area contributed by atoms with Crippen molar-refractivity contribution in [3.05, 3.63) is 34.5 Å². The molecule has 0 aliphatic carbocycles. The van der Waals surface area contributed by atoms with E-state index in [2.05, 4.69) is 15.9 Å². The number of carbonyl (C=O) groups excluding carboxylic acids is 1. The van der Waals surface area contributed by atoms with E-state index in [1.807, 2.05) is 18.2 Å². The molecule has 1 aliphatic rings. The highest BCUT2D eigenvalue weighted by Crippen LogP contribution is 2.27. The molecule has 0 spiro atoms. The first kappa shape index (κ1) is 12.7. The van der Waals surface area contributed by atoms with Crippen molar-refractivity contribution in [3.63, 3.8) is 0 Å². The van der Waals surface area contributed by atoms with Crippen molar-refractivity contribution < 1.29 is 9.21 Å². The molecule has 0 bridgehead atoms. The van der Waals surface area contributed by atoms with Gasteiger partial charge >= 0.3 is 0 Å². The van der Waals surface area contributed by atoms with Crippen molar-refractivity contribution in [2.45, 2.75) is 18.9 Å².